The smallest absolute Gasteiger partial charge is 0.244 e. The third-order valence-corrected chi connectivity index (χ3v) is 5.93. The van der Waals surface area contributed by atoms with Gasteiger partial charge in [-0.25, -0.2) is 0 Å². The lowest BCUT2D eigenvalue weighted by Crippen LogP contribution is -2.46. The molecule has 18 heavy (non-hydrogen) atoms. The molecule has 4 heteroatoms. The van der Waals surface area contributed by atoms with Crippen molar-refractivity contribution in [2.24, 2.45) is 5.92 Å². The maximum Gasteiger partial charge on any atom is 0.244 e. The molecule has 1 amide bonds. The largest absolute Gasteiger partial charge is 0.322 e. The Kier molecular flexibility index (Phi) is 3.14. The number of hydrogen-bond acceptors (Lipinski definition) is 3. The maximum atomic E-state index is 12.6. The van der Waals surface area contributed by atoms with Gasteiger partial charge in [0.15, 0.2) is 0 Å². The van der Waals surface area contributed by atoms with Gasteiger partial charge in [0.05, 0.1) is 11.7 Å². The zero-order valence-electron chi connectivity index (χ0n) is 11.6. The Morgan fingerprint density at radius 2 is 2.11 bits per heavy atom. The molecule has 1 saturated heterocycles. The molecular weight excluding hydrogens is 244 g/mol. The summed E-state index contributed by atoms with van der Waals surface area (Å²) in [5.41, 5.74) is -0.146. The molecular formula is C14H24N2OS. The van der Waals surface area contributed by atoms with Gasteiger partial charge in [-0.1, -0.05) is 13.8 Å². The van der Waals surface area contributed by atoms with Crippen LogP contribution in [0.15, 0.2) is 0 Å². The fraction of sp³-hybridized carbons (Fsp3) is 0.929. The zero-order valence-corrected chi connectivity index (χ0v) is 12.4. The van der Waals surface area contributed by atoms with E-state index in [0.717, 1.165) is 18.1 Å². The lowest BCUT2D eigenvalue weighted by Gasteiger charge is -2.32. The first kappa shape index (κ1) is 12.8. The molecule has 3 aliphatic rings. The Morgan fingerprint density at radius 3 is 2.61 bits per heavy atom. The van der Waals surface area contributed by atoms with E-state index in [1.165, 1.54) is 19.3 Å². The van der Waals surface area contributed by atoms with Crippen LogP contribution in [0.3, 0.4) is 0 Å². The van der Waals surface area contributed by atoms with Crippen LogP contribution in [0, 0.1) is 5.92 Å². The van der Waals surface area contributed by atoms with Gasteiger partial charge < -0.3 is 4.90 Å². The minimum atomic E-state index is -0.146. The highest BCUT2D eigenvalue weighted by Gasteiger charge is 2.61. The molecule has 3 rings (SSSR count). The number of carbonyl (C=O) groups is 1. The summed E-state index contributed by atoms with van der Waals surface area (Å²) >= 11 is 1.96. The minimum Gasteiger partial charge on any atom is -0.322 e. The van der Waals surface area contributed by atoms with E-state index < -0.39 is 0 Å². The number of carbonyl (C=O) groups excluding carboxylic acids is 1. The third-order valence-electron chi connectivity index (χ3n) is 4.83. The van der Waals surface area contributed by atoms with E-state index in [4.69, 9.17) is 0 Å². The van der Waals surface area contributed by atoms with Crippen molar-refractivity contribution in [2.45, 2.75) is 68.9 Å². The van der Waals surface area contributed by atoms with Crippen molar-refractivity contribution in [2.75, 3.05) is 6.26 Å². The highest BCUT2D eigenvalue weighted by atomic mass is 32.2. The second-order valence-corrected chi connectivity index (χ2v) is 7.59. The summed E-state index contributed by atoms with van der Waals surface area (Å²) in [4.78, 5) is 14.9. The van der Waals surface area contributed by atoms with Gasteiger partial charge in [0.1, 0.15) is 0 Å². The summed E-state index contributed by atoms with van der Waals surface area (Å²) in [6, 6.07) is 0.481. The molecule has 0 aromatic carbocycles. The number of amides is 1. The fourth-order valence-corrected chi connectivity index (χ4v) is 4.32. The second kappa shape index (κ2) is 4.41. The van der Waals surface area contributed by atoms with Crippen molar-refractivity contribution >= 4 is 17.7 Å². The summed E-state index contributed by atoms with van der Waals surface area (Å²) < 4.78 is 0. The maximum absolute atomic E-state index is 12.6. The van der Waals surface area contributed by atoms with Gasteiger partial charge in [-0.15, -0.1) is 0 Å². The van der Waals surface area contributed by atoms with E-state index in [2.05, 4.69) is 30.3 Å². The quantitative estimate of drug-likeness (QED) is 0.852. The summed E-state index contributed by atoms with van der Waals surface area (Å²) in [6.07, 6.45) is 8.21. The molecule has 0 radical (unpaired) electrons. The number of rotatable bonds is 3. The van der Waals surface area contributed by atoms with E-state index in [0.29, 0.717) is 17.9 Å². The van der Waals surface area contributed by atoms with Crippen molar-refractivity contribution in [1.29, 1.82) is 0 Å². The van der Waals surface area contributed by atoms with Crippen LogP contribution < -0.4 is 5.32 Å². The standard InChI is InChI=1S/C14H24N2OS/c1-9(2)12-15-14(6-7-14)13(17)16(12)10-4-5-11(8-10)18-3/h9-12,15H,4-8H2,1-3H3. The van der Waals surface area contributed by atoms with Crippen LogP contribution in [0.4, 0.5) is 0 Å². The molecule has 0 bridgehead atoms. The van der Waals surface area contributed by atoms with Crippen LogP contribution in [0.5, 0.6) is 0 Å². The van der Waals surface area contributed by atoms with E-state index in [1.807, 2.05) is 11.8 Å². The molecule has 0 aromatic heterocycles. The number of nitrogens with one attached hydrogen (secondary N) is 1. The molecule has 102 valence electrons. The van der Waals surface area contributed by atoms with E-state index in [-0.39, 0.29) is 11.7 Å². The lowest BCUT2D eigenvalue weighted by molar-refractivity contribution is -0.133. The fourth-order valence-electron chi connectivity index (χ4n) is 3.54. The zero-order chi connectivity index (χ0) is 12.9. The normalized spacial score (nSPS) is 38.1. The molecule has 3 fully saturated rings. The predicted molar refractivity (Wildman–Crippen MR) is 75.5 cm³/mol. The average molecular weight is 268 g/mol. The van der Waals surface area contributed by atoms with E-state index in [9.17, 15) is 4.79 Å². The number of thioether (sulfide) groups is 1. The molecule has 2 saturated carbocycles. The van der Waals surface area contributed by atoms with Gasteiger partial charge in [-0.2, -0.15) is 11.8 Å². The van der Waals surface area contributed by atoms with Crippen molar-refractivity contribution in [3.8, 4) is 0 Å². The van der Waals surface area contributed by atoms with Crippen LogP contribution in [0.25, 0.3) is 0 Å². The van der Waals surface area contributed by atoms with Gasteiger partial charge in [-0.05, 0) is 44.3 Å². The Morgan fingerprint density at radius 1 is 1.39 bits per heavy atom. The molecule has 1 spiro atoms. The van der Waals surface area contributed by atoms with Crippen molar-refractivity contribution in [3.05, 3.63) is 0 Å². The number of nitrogens with zero attached hydrogens (tertiary/aromatic N) is 1. The second-order valence-electron chi connectivity index (χ2n) is 6.45. The molecule has 3 nitrogen and oxygen atoms in total. The first-order valence-corrected chi connectivity index (χ1v) is 8.49. The highest BCUT2D eigenvalue weighted by molar-refractivity contribution is 7.99. The summed E-state index contributed by atoms with van der Waals surface area (Å²) in [5.74, 6) is 0.898. The Hall–Kier alpha value is -0.220. The molecule has 1 aliphatic heterocycles. The van der Waals surface area contributed by atoms with E-state index in [1.54, 1.807) is 0 Å². The van der Waals surface area contributed by atoms with E-state index >= 15 is 0 Å². The molecule has 3 atom stereocenters. The Balaban J connectivity index is 1.78. The monoisotopic (exact) mass is 268 g/mol. The van der Waals surface area contributed by atoms with Gasteiger partial charge in [0.2, 0.25) is 5.91 Å². The molecule has 3 unspecified atom stereocenters. The van der Waals surface area contributed by atoms with Gasteiger partial charge >= 0.3 is 0 Å². The Bertz CT molecular complexity index is 354. The highest BCUT2D eigenvalue weighted by Crippen LogP contribution is 2.46. The molecule has 0 aromatic rings. The average Bonchev–Trinajstić information content (AvgIpc) is 2.86. The number of hydrogen-bond donors (Lipinski definition) is 1. The van der Waals surface area contributed by atoms with Gasteiger partial charge in [-0.3, -0.25) is 10.1 Å². The SMILES string of the molecule is CSC1CCC(N2C(=O)C3(CC3)NC2C(C)C)C1. The van der Waals surface area contributed by atoms with Crippen LogP contribution in [-0.4, -0.2) is 40.1 Å². The van der Waals surface area contributed by atoms with Gasteiger partial charge in [0, 0.05) is 11.3 Å². The lowest BCUT2D eigenvalue weighted by atomic mass is 10.1. The van der Waals surface area contributed by atoms with Crippen molar-refractivity contribution in [3.63, 3.8) is 0 Å². The summed E-state index contributed by atoms with van der Waals surface area (Å²) in [5, 5.41) is 4.38. The Labute approximate surface area is 114 Å². The predicted octanol–water partition coefficient (Wildman–Crippen LogP) is 2.22. The van der Waals surface area contributed by atoms with Crippen LogP contribution in [0.1, 0.15) is 46.0 Å². The van der Waals surface area contributed by atoms with Crippen molar-refractivity contribution < 1.29 is 4.79 Å². The first-order valence-electron chi connectivity index (χ1n) is 7.20. The first-order chi connectivity index (χ1) is 8.57. The van der Waals surface area contributed by atoms with Crippen LogP contribution in [-0.2, 0) is 4.79 Å². The molecule has 1 heterocycles. The van der Waals surface area contributed by atoms with Crippen molar-refractivity contribution in [1.82, 2.24) is 10.2 Å². The van der Waals surface area contributed by atoms with Crippen LogP contribution in [0.2, 0.25) is 0 Å². The summed E-state index contributed by atoms with van der Waals surface area (Å²) in [7, 11) is 0. The summed E-state index contributed by atoms with van der Waals surface area (Å²) in [6.45, 7) is 4.45. The topological polar surface area (TPSA) is 32.3 Å². The third kappa shape index (κ3) is 1.88. The molecule has 2 aliphatic carbocycles. The van der Waals surface area contributed by atoms with Gasteiger partial charge in [0.25, 0.3) is 0 Å². The molecule has 1 N–H and O–H groups in total. The minimum absolute atomic E-state index is 0.146. The van der Waals surface area contributed by atoms with Crippen LogP contribution >= 0.6 is 11.8 Å².